The third-order valence-corrected chi connectivity index (χ3v) is 8.31. The molecule has 2 saturated carbocycles. The number of hydrogen-bond donors (Lipinski definition) is 1. The second kappa shape index (κ2) is 6.13. The highest BCUT2D eigenvalue weighted by Crippen LogP contribution is 2.64. The van der Waals surface area contributed by atoms with Crippen molar-refractivity contribution >= 4 is 17.3 Å². The van der Waals surface area contributed by atoms with Gasteiger partial charge in [-0.2, -0.15) is 0 Å². The summed E-state index contributed by atoms with van der Waals surface area (Å²) < 4.78 is 6.36. The minimum Gasteiger partial charge on any atom is -0.486 e. The molecule has 5 nitrogen and oxygen atoms in total. The smallest absolute Gasteiger partial charge is 0.206 e. The summed E-state index contributed by atoms with van der Waals surface area (Å²) in [6, 6.07) is 0. The van der Waals surface area contributed by atoms with Crippen molar-refractivity contribution in [2.45, 2.75) is 84.3 Å². The van der Waals surface area contributed by atoms with E-state index in [1.165, 1.54) is 19.4 Å². The van der Waals surface area contributed by atoms with Crippen LogP contribution in [-0.2, 0) is 19.1 Å². The normalized spacial score (nSPS) is 43.2. The predicted molar refractivity (Wildman–Crippen MR) is 108 cm³/mol. The lowest BCUT2D eigenvalue weighted by Gasteiger charge is -2.62. The van der Waals surface area contributed by atoms with Crippen molar-refractivity contribution in [1.29, 1.82) is 0 Å². The maximum Gasteiger partial charge on any atom is 0.206 e. The van der Waals surface area contributed by atoms with Crippen molar-refractivity contribution in [3.05, 3.63) is 23.5 Å². The van der Waals surface area contributed by atoms with Crippen molar-refractivity contribution in [3.63, 3.8) is 0 Å². The minimum atomic E-state index is -2.31. The summed E-state index contributed by atoms with van der Waals surface area (Å²) in [5.74, 6) is -1.07. The molecule has 5 heteroatoms. The molecule has 0 aromatic carbocycles. The molecule has 4 aliphatic rings. The van der Waals surface area contributed by atoms with E-state index in [1.807, 2.05) is 6.08 Å². The Bertz CT molecular complexity index is 864. The first kappa shape index (κ1) is 20.5. The van der Waals surface area contributed by atoms with Gasteiger partial charge in [0.05, 0.1) is 5.57 Å². The van der Waals surface area contributed by atoms with E-state index in [0.29, 0.717) is 5.92 Å². The zero-order chi connectivity index (χ0) is 21.4. The summed E-state index contributed by atoms with van der Waals surface area (Å²) in [7, 11) is 0. The highest BCUT2D eigenvalue weighted by molar-refractivity contribution is 6.26. The van der Waals surface area contributed by atoms with E-state index in [2.05, 4.69) is 27.7 Å². The van der Waals surface area contributed by atoms with E-state index >= 15 is 0 Å². The fraction of sp³-hybridized carbons (Fsp3) is 0.708. The van der Waals surface area contributed by atoms with Gasteiger partial charge in [-0.1, -0.05) is 33.3 Å². The van der Waals surface area contributed by atoms with Crippen LogP contribution in [0.15, 0.2) is 23.5 Å². The summed E-state index contributed by atoms with van der Waals surface area (Å²) in [6.45, 7) is 10.4. The van der Waals surface area contributed by atoms with Crippen LogP contribution in [0.1, 0.15) is 73.1 Å². The molecule has 0 radical (unpaired) electrons. The molecule has 0 bridgehead atoms. The van der Waals surface area contributed by atoms with Gasteiger partial charge in [-0.3, -0.25) is 14.4 Å². The Hall–Kier alpha value is -1.75. The molecule has 0 amide bonds. The molecule has 0 spiro atoms. The maximum absolute atomic E-state index is 13.2. The molecule has 0 saturated heterocycles. The molecule has 3 aliphatic carbocycles. The number of carbonyl (C=O) groups excluding carboxylic acids is 3. The van der Waals surface area contributed by atoms with E-state index in [4.69, 9.17) is 4.74 Å². The Labute approximate surface area is 172 Å². The molecule has 5 atom stereocenters. The van der Waals surface area contributed by atoms with Crippen LogP contribution < -0.4 is 0 Å². The van der Waals surface area contributed by atoms with Crippen LogP contribution in [0.4, 0.5) is 0 Å². The number of Topliss-reactive ketones (excluding diaryl/α,β-unsaturated/α-hetero) is 2. The Morgan fingerprint density at radius 2 is 1.86 bits per heavy atom. The van der Waals surface area contributed by atoms with Crippen molar-refractivity contribution in [3.8, 4) is 0 Å². The monoisotopic (exact) mass is 400 g/mol. The quantitative estimate of drug-likeness (QED) is 0.715. The van der Waals surface area contributed by atoms with E-state index in [0.717, 1.165) is 25.7 Å². The van der Waals surface area contributed by atoms with Crippen LogP contribution in [0.25, 0.3) is 0 Å². The number of allylic oxidation sites excluding steroid dienone is 1. The third-order valence-electron chi connectivity index (χ3n) is 8.31. The van der Waals surface area contributed by atoms with Crippen molar-refractivity contribution in [1.82, 2.24) is 0 Å². The molecule has 0 unspecified atom stereocenters. The van der Waals surface area contributed by atoms with Gasteiger partial charge in [-0.15, -0.1) is 0 Å². The second-order valence-corrected chi connectivity index (χ2v) is 10.9. The summed E-state index contributed by atoms with van der Waals surface area (Å²) in [6.07, 6.45) is 8.01. The largest absolute Gasteiger partial charge is 0.486 e. The maximum atomic E-state index is 13.2. The van der Waals surface area contributed by atoms with Gasteiger partial charge in [0, 0.05) is 18.4 Å². The number of rotatable bonds is 2. The molecule has 29 heavy (non-hydrogen) atoms. The lowest BCUT2D eigenvalue weighted by Crippen LogP contribution is -2.60. The van der Waals surface area contributed by atoms with Crippen LogP contribution >= 0.6 is 0 Å². The minimum absolute atomic E-state index is 0.0132. The predicted octanol–water partition coefficient (Wildman–Crippen LogP) is 3.69. The number of ketones is 3. The van der Waals surface area contributed by atoms with Crippen LogP contribution in [0.2, 0.25) is 0 Å². The van der Waals surface area contributed by atoms with Crippen molar-refractivity contribution in [2.75, 3.05) is 0 Å². The first-order valence-electron chi connectivity index (χ1n) is 10.8. The molecule has 0 aromatic rings. The van der Waals surface area contributed by atoms with Crippen molar-refractivity contribution in [2.24, 2.45) is 22.7 Å². The Morgan fingerprint density at radius 3 is 2.52 bits per heavy atom. The molecule has 1 N–H and O–H groups in total. The molecular formula is C24H32O5. The molecule has 0 aromatic heterocycles. The van der Waals surface area contributed by atoms with E-state index in [9.17, 15) is 19.5 Å². The summed E-state index contributed by atoms with van der Waals surface area (Å²) in [5.41, 5.74) is -2.32. The van der Waals surface area contributed by atoms with Gasteiger partial charge in [0.1, 0.15) is 17.1 Å². The number of hydrogen-bond acceptors (Lipinski definition) is 5. The zero-order valence-corrected chi connectivity index (χ0v) is 18.1. The summed E-state index contributed by atoms with van der Waals surface area (Å²) >= 11 is 0. The van der Waals surface area contributed by atoms with E-state index in [-0.39, 0.29) is 28.1 Å². The molecule has 1 heterocycles. The highest BCUT2D eigenvalue weighted by atomic mass is 16.5. The topological polar surface area (TPSA) is 80.7 Å². The standard InChI is InChI=1S/C24H32O5/c1-14(25)13-24(28)19(26)12-16-15(20(24)27)11-18-22(4)9-6-8-21(2,3)17(22)7-10-23(18,5)29-16/h11-12,17-18,28H,6-10,13H2,1-5H3/t17-,18+,22-,23-,24+/m0/s1. The van der Waals surface area contributed by atoms with Crippen molar-refractivity contribution < 1.29 is 24.2 Å². The highest BCUT2D eigenvalue weighted by Gasteiger charge is 2.62. The van der Waals surface area contributed by atoms with Gasteiger partial charge < -0.3 is 9.84 Å². The average Bonchev–Trinajstić information content (AvgIpc) is 2.57. The number of fused-ring (bicyclic) bond motifs is 4. The first-order valence-corrected chi connectivity index (χ1v) is 10.8. The molecular weight excluding hydrogens is 368 g/mol. The van der Waals surface area contributed by atoms with Gasteiger partial charge in [-0.05, 0) is 56.3 Å². The Kier molecular flexibility index (Phi) is 4.34. The van der Waals surface area contributed by atoms with Crippen LogP contribution in [-0.4, -0.2) is 33.7 Å². The molecule has 158 valence electrons. The van der Waals surface area contributed by atoms with Gasteiger partial charge >= 0.3 is 0 Å². The van der Waals surface area contributed by atoms with Gasteiger partial charge in [0.15, 0.2) is 11.4 Å². The molecule has 4 rings (SSSR count). The summed E-state index contributed by atoms with van der Waals surface area (Å²) in [5, 5.41) is 10.8. The third kappa shape index (κ3) is 2.80. The fourth-order valence-electron chi connectivity index (χ4n) is 6.97. The van der Waals surface area contributed by atoms with E-state index in [1.54, 1.807) is 0 Å². The summed E-state index contributed by atoms with van der Waals surface area (Å²) in [4.78, 5) is 37.4. The first-order chi connectivity index (χ1) is 13.3. The zero-order valence-electron chi connectivity index (χ0n) is 18.1. The van der Waals surface area contributed by atoms with Crippen LogP contribution in [0.5, 0.6) is 0 Å². The lowest BCUT2D eigenvalue weighted by molar-refractivity contribution is -0.168. The fourth-order valence-corrected chi connectivity index (χ4v) is 6.97. The van der Waals surface area contributed by atoms with Gasteiger partial charge in [-0.25, -0.2) is 0 Å². The SMILES string of the molecule is CC(=O)C[C@@]1(O)C(=O)C=C2O[C@@]3(C)CC[C@H]4C(C)(C)CCC[C@]4(C)[C@H]3C=C2C1=O. The van der Waals surface area contributed by atoms with Gasteiger partial charge in [0.25, 0.3) is 0 Å². The number of carbonyl (C=O) groups is 3. The number of aliphatic hydroxyl groups is 1. The lowest BCUT2D eigenvalue weighted by atomic mass is 9.45. The molecule has 1 aliphatic heterocycles. The average molecular weight is 401 g/mol. The Morgan fingerprint density at radius 1 is 1.17 bits per heavy atom. The van der Waals surface area contributed by atoms with E-state index < -0.39 is 35.0 Å². The van der Waals surface area contributed by atoms with Crippen LogP contribution in [0, 0.1) is 22.7 Å². The van der Waals surface area contributed by atoms with Crippen LogP contribution in [0.3, 0.4) is 0 Å². The second-order valence-electron chi connectivity index (χ2n) is 10.9. The Balaban J connectivity index is 1.82. The van der Waals surface area contributed by atoms with Gasteiger partial charge in [0.2, 0.25) is 5.78 Å². The number of ether oxygens (including phenoxy) is 1. The molecule has 2 fully saturated rings.